The van der Waals surface area contributed by atoms with Crippen LogP contribution >= 0.6 is 0 Å². The first kappa shape index (κ1) is 8.73. The summed E-state index contributed by atoms with van der Waals surface area (Å²) in [5.41, 5.74) is 0.412. The molecule has 0 unspecified atom stereocenters. The molecule has 1 rings (SSSR count). The van der Waals surface area contributed by atoms with E-state index in [1.165, 1.54) is 6.92 Å². The summed E-state index contributed by atoms with van der Waals surface area (Å²) in [4.78, 5) is 0. The first-order valence-corrected chi connectivity index (χ1v) is 3.53. The zero-order valence-corrected chi connectivity index (χ0v) is 6.91. The summed E-state index contributed by atoms with van der Waals surface area (Å²) in [5.74, 6) is 4.10. The highest BCUT2D eigenvalue weighted by molar-refractivity contribution is 5.37. The average Bonchev–Trinajstić information content (AvgIpc) is 2.01. The van der Waals surface area contributed by atoms with E-state index in [2.05, 4.69) is 11.8 Å². The van der Waals surface area contributed by atoms with Crippen LogP contribution in [0.25, 0.3) is 0 Å². The summed E-state index contributed by atoms with van der Waals surface area (Å²) in [6, 6.07) is 2.26. The Morgan fingerprint density at radius 2 is 1.83 bits per heavy atom. The molecule has 0 nitrogen and oxygen atoms in total. The molecule has 0 bridgehead atoms. The van der Waals surface area contributed by atoms with Gasteiger partial charge in [0.15, 0.2) is 0 Å². The third-order valence-electron chi connectivity index (χ3n) is 1.51. The van der Waals surface area contributed by atoms with E-state index in [1.54, 1.807) is 6.92 Å². The monoisotopic (exact) mass is 166 g/mol. The van der Waals surface area contributed by atoms with Gasteiger partial charge in [-0.15, -0.1) is 5.92 Å². The molecule has 0 saturated heterocycles. The molecule has 0 radical (unpaired) electrons. The summed E-state index contributed by atoms with van der Waals surface area (Å²) >= 11 is 0. The summed E-state index contributed by atoms with van der Waals surface area (Å²) in [7, 11) is 0. The van der Waals surface area contributed by atoms with Crippen molar-refractivity contribution < 1.29 is 8.78 Å². The zero-order valence-electron chi connectivity index (χ0n) is 6.91. The van der Waals surface area contributed by atoms with E-state index < -0.39 is 11.6 Å². The number of rotatable bonds is 0. The van der Waals surface area contributed by atoms with Crippen LogP contribution in [0.3, 0.4) is 0 Å². The Balaban J connectivity index is 3.29. The van der Waals surface area contributed by atoms with Crippen molar-refractivity contribution in [3.63, 3.8) is 0 Å². The Morgan fingerprint density at radius 3 is 2.42 bits per heavy atom. The van der Waals surface area contributed by atoms with Gasteiger partial charge in [-0.1, -0.05) is 5.92 Å². The van der Waals surface area contributed by atoms with Crippen LogP contribution in [0.15, 0.2) is 12.1 Å². The number of hydrogen-bond acceptors (Lipinski definition) is 0. The van der Waals surface area contributed by atoms with E-state index in [0.717, 1.165) is 12.1 Å². The molecule has 0 heterocycles. The first-order valence-electron chi connectivity index (χ1n) is 3.53. The summed E-state index contributed by atoms with van der Waals surface area (Å²) < 4.78 is 25.8. The van der Waals surface area contributed by atoms with Gasteiger partial charge in [0, 0.05) is 0 Å². The fraction of sp³-hybridized carbons (Fsp3) is 0.200. The molecule has 1 aromatic carbocycles. The van der Waals surface area contributed by atoms with Crippen LogP contribution in [-0.2, 0) is 0 Å². The van der Waals surface area contributed by atoms with Crippen molar-refractivity contribution in [2.45, 2.75) is 13.8 Å². The molecule has 0 aromatic heterocycles. The summed E-state index contributed by atoms with van der Waals surface area (Å²) in [6.45, 7) is 3.10. The molecule has 0 atom stereocenters. The SMILES string of the molecule is CC#Cc1cc(F)c(C)cc1F. The Kier molecular flexibility index (Phi) is 2.44. The van der Waals surface area contributed by atoms with E-state index in [9.17, 15) is 8.78 Å². The lowest BCUT2D eigenvalue weighted by atomic mass is 10.1. The van der Waals surface area contributed by atoms with Gasteiger partial charge in [-0.25, -0.2) is 8.78 Å². The highest BCUT2D eigenvalue weighted by atomic mass is 19.1. The maximum absolute atomic E-state index is 12.9. The zero-order chi connectivity index (χ0) is 9.14. The van der Waals surface area contributed by atoms with Gasteiger partial charge in [0.05, 0.1) is 5.56 Å². The van der Waals surface area contributed by atoms with Crippen molar-refractivity contribution in [1.82, 2.24) is 0 Å². The predicted molar refractivity (Wildman–Crippen MR) is 43.6 cm³/mol. The first-order chi connectivity index (χ1) is 5.65. The molecule has 0 amide bonds. The molecule has 0 N–H and O–H groups in total. The molecule has 0 fully saturated rings. The van der Waals surface area contributed by atoms with E-state index in [1.807, 2.05) is 0 Å². The standard InChI is InChI=1S/C10H8F2/c1-3-4-8-6-9(11)7(2)5-10(8)12/h5-6H,1-2H3. The molecule has 0 aliphatic carbocycles. The third-order valence-corrected chi connectivity index (χ3v) is 1.51. The van der Waals surface area contributed by atoms with Crippen molar-refractivity contribution in [1.29, 1.82) is 0 Å². The Bertz CT molecular complexity index is 356. The van der Waals surface area contributed by atoms with Gasteiger partial charge in [0.25, 0.3) is 0 Å². The van der Waals surface area contributed by atoms with Gasteiger partial charge in [-0.2, -0.15) is 0 Å². The Labute approximate surface area is 70.2 Å². The third kappa shape index (κ3) is 1.62. The maximum atomic E-state index is 12.9. The van der Waals surface area contributed by atoms with Crippen LogP contribution in [0, 0.1) is 30.4 Å². The van der Waals surface area contributed by atoms with E-state index in [4.69, 9.17) is 0 Å². The number of benzene rings is 1. The number of aryl methyl sites for hydroxylation is 1. The van der Waals surface area contributed by atoms with Crippen LogP contribution in [0.5, 0.6) is 0 Å². The smallest absolute Gasteiger partial charge is 0.139 e. The van der Waals surface area contributed by atoms with Gasteiger partial charge in [0.2, 0.25) is 0 Å². The van der Waals surface area contributed by atoms with Crippen molar-refractivity contribution in [3.05, 3.63) is 34.9 Å². The van der Waals surface area contributed by atoms with Crippen molar-refractivity contribution in [2.24, 2.45) is 0 Å². The molecule has 2 heteroatoms. The van der Waals surface area contributed by atoms with Crippen molar-refractivity contribution >= 4 is 0 Å². The highest BCUT2D eigenvalue weighted by Gasteiger charge is 2.03. The predicted octanol–water partition coefficient (Wildman–Crippen LogP) is 2.64. The van der Waals surface area contributed by atoms with E-state index in [-0.39, 0.29) is 5.56 Å². The normalized spacial score (nSPS) is 9.00. The second-order valence-corrected chi connectivity index (χ2v) is 2.46. The van der Waals surface area contributed by atoms with Gasteiger partial charge < -0.3 is 0 Å². The lowest BCUT2D eigenvalue weighted by molar-refractivity contribution is 0.590. The average molecular weight is 166 g/mol. The second-order valence-electron chi connectivity index (χ2n) is 2.46. The maximum Gasteiger partial charge on any atom is 0.139 e. The lowest BCUT2D eigenvalue weighted by Crippen LogP contribution is -1.89. The summed E-state index contributed by atoms with van der Waals surface area (Å²) in [6.07, 6.45) is 0. The number of halogens is 2. The Hall–Kier alpha value is -1.36. The minimum atomic E-state index is -0.469. The fourth-order valence-electron chi connectivity index (χ4n) is 0.877. The molecule has 0 aliphatic heterocycles. The van der Waals surface area contributed by atoms with Crippen molar-refractivity contribution in [3.8, 4) is 11.8 Å². The van der Waals surface area contributed by atoms with E-state index in [0.29, 0.717) is 5.56 Å². The van der Waals surface area contributed by atoms with Gasteiger partial charge >= 0.3 is 0 Å². The number of hydrogen-bond donors (Lipinski definition) is 0. The van der Waals surface area contributed by atoms with Crippen LogP contribution in [0.4, 0.5) is 8.78 Å². The molecular formula is C10H8F2. The molecule has 12 heavy (non-hydrogen) atoms. The van der Waals surface area contributed by atoms with Crippen LogP contribution in [0.1, 0.15) is 18.1 Å². The largest absolute Gasteiger partial charge is 0.207 e. The second kappa shape index (κ2) is 3.36. The Morgan fingerprint density at radius 1 is 1.17 bits per heavy atom. The molecule has 0 spiro atoms. The summed E-state index contributed by atoms with van der Waals surface area (Å²) in [5, 5.41) is 0. The molecular weight excluding hydrogens is 158 g/mol. The van der Waals surface area contributed by atoms with Crippen LogP contribution in [0.2, 0.25) is 0 Å². The van der Waals surface area contributed by atoms with Gasteiger partial charge in [0.1, 0.15) is 11.6 Å². The lowest BCUT2D eigenvalue weighted by Gasteiger charge is -1.98. The molecule has 0 saturated carbocycles. The topological polar surface area (TPSA) is 0 Å². The van der Waals surface area contributed by atoms with Gasteiger partial charge in [-0.05, 0) is 31.5 Å². The van der Waals surface area contributed by atoms with Crippen LogP contribution in [-0.4, -0.2) is 0 Å². The van der Waals surface area contributed by atoms with Crippen LogP contribution < -0.4 is 0 Å². The molecule has 62 valence electrons. The molecule has 0 aliphatic rings. The van der Waals surface area contributed by atoms with Crippen molar-refractivity contribution in [2.75, 3.05) is 0 Å². The minimum absolute atomic E-state index is 0.112. The highest BCUT2D eigenvalue weighted by Crippen LogP contribution is 2.12. The van der Waals surface area contributed by atoms with Gasteiger partial charge in [-0.3, -0.25) is 0 Å². The minimum Gasteiger partial charge on any atom is -0.207 e. The van der Waals surface area contributed by atoms with E-state index >= 15 is 0 Å². The quantitative estimate of drug-likeness (QED) is 0.520. The molecule has 1 aromatic rings. The fourth-order valence-corrected chi connectivity index (χ4v) is 0.877.